The van der Waals surface area contributed by atoms with Crippen LogP contribution in [0.2, 0.25) is 10.0 Å². The molecule has 0 saturated carbocycles. The minimum Gasteiger partial charge on any atom is -0.464 e. The summed E-state index contributed by atoms with van der Waals surface area (Å²) in [6.07, 6.45) is 0. The van der Waals surface area contributed by atoms with Gasteiger partial charge < -0.3 is 10.5 Å². The molecule has 7 heteroatoms. The van der Waals surface area contributed by atoms with E-state index in [9.17, 15) is 0 Å². The molecular formula is C9H7Cl2N3OS. The molecule has 0 fully saturated rings. The molecule has 2 rings (SSSR count). The number of nitrogen functional groups attached to an aromatic ring is 1. The first-order valence-electron chi connectivity index (χ1n) is 4.31. The number of nitrogens with zero attached hydrogens (tertiary/aromatic N) is 2. The topological polar surface area (TPSA) is 61.0 Å². The first kappa shape index (κ1) is 11.4. The average Bonchev–Trinajstić information content (AvgIpc) is 2.63. The van der Waals surface area contributed by atoms with Crippen molar-refractivity contribution in [3.05, 3.63) is 33.8 Å². The maximum absolute atomic E-state index is 5.98. The summed E-state index contributed by atoms with van der Waals surface area (Å²) in [5.41, 5.74) is 6.25. The summed E-state index contributed by atoms with van der Waals surface area (Å²) >= 11 is 12.9. The Labute approximate surface area is 106 Å². The quantitative estimate of drug-likeness (QED) is 0.936. The number of rotatable bonds is 3. The zero-order valence-corrected chi connectivity index (χ0v) is 10.3. The zero-order valence-electron chi connectivity index (χ0n) is 7.98. The van der Waals surface area contributed by atoms with Gasteiger partial charge >= 0.3 is 0 Å². The van der Waals surface area contributed by atoms with Crippen LogP contribution in [-0.4, -0.2) is 10.2 Å². The van der Waals surface area contributed by atoms with Crippen molar-refractivity contribution in [1.29, 1.82) is 0 Å². The molecule has 0 atom stereocenters. The third-order valence-corrected chi connectivity index (χ3v) is 3.04. The number of benzene rings is 1. The van der Waals surface area contributed by atoms with Crippen LogP contribution in [0.5, 0.6) is 5.19 Å². The van der Waals surface area contributed by atoms with E-state index < -0.39 is 0 Å². The van der Waals surface area contributed by atoms with Gasteiger partial charge in [-0.2, -0.15) is 0 Å². The van der Waals surface area contributed by atoms with Crippen LogP contribution in [0.1, 0.15) is 5.56 Å². The third-order valence-electron chi connectivity index (χ3n) is 1.79. The first-order chi connectivity index (χ1) is 7.65. The number of hydrogen-bond donors (Lipinski definition) is 1. The van der Waals surface area contributed by atoms with Gasteiger partial charge in [0.1, 0.15) is 6.61 Å². The molecule has 0 unspecified atom stereocenters. The number of halogens is 2. The molecule has 0 spiro atoms. The van der Waals surface area contributed by atoms with E-state index in [2.05, 4.69) is 10.2 Å². The molecular weight excluding hydrogens is 269 g/mol. The summed E-state index contributed by atoms with van der Waals surface area (Å²) in [5.74, 6) is 0. The Balaban J connectivity index is 2.04. The van der Waals surface area contributed by atoms with E-state index in [-0.39, 0.29) is 0 Å². The van der Waals surface area contributed by atoms with Crippen molar-refractivity contribution in [3.63, 3.8) is 0 Å². The Kier molecular flexibility index (Phi) is 3.48. The SMILES string of the molecule is Nc1nnc(OCc2ccc(Cl)cc2Cl)s1. The highest BCUT2D eigenvalue weighted by molar-refractivity contribution is 7.16. The lowest BCUT2D eigenvalue weighted by atomic mass is 10.2. The summed E-state index contributed by atoms with van der Waals surface area (Å²) in [5, 5.41) is 9.31. The fraction of sp³-hybridized carbons (Fsp3) is 0.111. The van der Waals surface area contributed by atoms with Crippen LogP contribution in [0.3, 0.4) is 0 Å². The van der Waals surface area contributed by atoms with E-state index in [0.717, 1.165) is 5.56 Å². The summed E-state index contributed by atoms with van der Waals surface area (Å²) in [4.78, 5) is 0. The maximum atomic E-state index is 5.98. The van der Waals surface area contributed by atoms with Crippen molar-refractivity contribution in [2.45, 2.75) is 6.61 Å². The van der Waals surface area contributed by atoms with E-state index >= 15 is 0 Å². The summed E-state index contributed by atoms with van der Waals surface area (Å²) in [7, 11) is 0. The van der Waals surface area contributed by atoms with E-state index in [1.54, 1.807) is 18.2 Å². The molecule has 16 heavy (non-hydrogen) atoms. The van der Waals surface area contributed by atoms with Gasteiger partial charge in [-0.1, -0.05) is 34.4 Å². The van der Waals surface area contributed by atoms with Gasteiger partial charge in [0.2, 0.25) is 5.13 Å². The van der Waals surface area contributed by atoms with Gasteiger partial charge in [0.25, 0.3) is 5.19 Å². The molecule has 2 aromatic rings. The van der Waals surface area contributed by atoms with Gasteiger partial charge in [-0.15, -0.1) is 5.10 Å². The summed E-state index contributed by atoms with van der Waals surface area (Å²) < 4.78 is 5.37. The summed E-state index contributed by atoms with van der Waals surface area (Å²) in [6, 6.07) is 5.21. The number of nitrogens with two attached hydrogens (primary N) is 1. The second-order valence-electron chi connectivity index (χ2n) is 2.93. The highest BCUT2D eigenvalue weighted by Crippen LogP contribution is 2.24. The van der Waals surface area contributed by atoms with Crippen molar-refractivity contribution >= 4 is 39.7 Å². The molecule has 0 amide bonds. The fourth-order valence-corrected chi connectivity index (χ4v) is 1.98. The van der Waals surface area contributed by atoms with Crippen LogP contribution < -0.4 is 10.5 Å². The highest BCUT2D eigenvalue weighted by Gasteiger charge is 2.05. The molecule has 0 aliphatic carbocycles. The number of anilines is 1. The molecule has 1 aromatic heterocycles. The molecule has 1 heterocycles. The Morgan fingerprint density at radius 3 is 2.75 bits per heavy atom. The molecule has 0 saturated heterocycles. The Morgan fingerprint density at radius 2 is 2.12 bits per heavy atom. The molecule has 4 nitrogen and oxygen atoms in total. The van der Waals surface area contributed by atoms with Crippen molar-refractivity contribution in [2.75, 3.05) is 5.73 Å². The van der Waals surface area contributed by atoms with Crippen LogP contribution in [0.4, 0.5) is 5.13 Å². The van der Waals surface area contributed by atoms with Gasteiger partial charge in [-0.3, -0.25) is 0 Å². The maximum Gasteiger partial charge on any atom is 0.296 e. The Morgan fingerprint density at radius 1 is 1.31 bits per heavy atom. The smallest absolute Gasteiger partial charge is 0.296 e. The van der Waals surface area contributed by atoms with Crippen LogP contribution in [0.25, 0.3) is 0 Å². The lowest BCUT2D eigenvalue weighted by molar-refractivity contribution is 0.302. The second kappa shape index (κ2) is 4.86. The minimum atomic E-state index is 0.310. The van der Waals surface area contributed by atoms with Gasteiger partial charge in [-0.25, -0.2) is 0 Å². The number of ether oxygens (including phenoxy) is 1. The van der Waals surface area contributed by atoms with E-state index in [1.807, 2.05) is 0 Å². The molecule has 0 radical (unpaired) electrons. The predicted molar refractivity (Wildman–Crippen MR) is 65.1 cm³/mol. The monoisotopic (exact) mass is 275 g/mol. The van der Waals surface area contributed by atoms with Crippen LogP contribution in [-0.2, 0) is 6.61 Å². The van der Waals surface area contributed by atoms with Gasteiger partial charge in [-0.05, 0) is 23.5 Å². The lowest BCUT2D eigenvalue weighted by Gasteiger charge is -2.04. The molecule has 0 bridgehead atoms. The molecule has 1 aromatic carbocycles. The van der Waals surface area contributed by atoms with Gasteiger partial charge in [0.05, 0.1) is 0 Å². The standard InChI is InChI=1S/C9H7Cl2N3OS/c10-6-2-1-5(7(11)3-6)4-15-9-14-13-8(12)16-9/h1-3H,4H2,(H2,12,13). The van der Waals surface area contributed by atoms with Crippen molar-refractivity contribution in [2.24, 2.45) is 0 Å². The highest BCUT2D eigenvalue weighted by atomic mass is 35.5. The second-order valence-corrected chi connectivity index (χ2v) is 4.75. The lowest BCUT2D eigenvalue weighted by Crippen LogP contribution is -1.95. The first-order valence-corrected chi connectivity index (χ1v) is 5.88. The molecule has 2 N–H and O–H groups in total. The number of aromatic nitrogens is 2. The van der Waals surface area contributed by atoms with Crippen LogP contribution in [0, 0.1) is 0 Å². The third kappa shape index (κ3) is 2.75. The van der Waals surface area contributed by atoms with Crippen LogP contribution >= 0.6 is 34.5 Å². The molecule has 0 aliphatic rings. The molecule has 84 valence electrons. The minimum absolute atomic E-state index is 0.310. The normalized spacial score (nSPS) is 10.4. The van der Waals surface area contributed by atoms with E-state index in [0.29, 0.717) is 27.0 Å². The average molecular weight is 276 g/mol. The summed E-state index contributed by atoms with van der Waals surface area (Å²) in [6.45, 7) is 0.310. The van der Waals surface area contributed by atoms with Crippen molar-refractivity contribution in [1.82, 2.24) is 10.2 Å². The van der Waals surface area contributed by atoms with Crippen LogP contribution in [0.15, 0.2) is 18.2 Å². The zero-order chi connectivity index (χ0) is 11.5. The largest absolute Gasteiger partial charge is 0.464 e. The Hall–Kier alpha value is -1.04. The van der Waals surface area contributed by atoms with Gasteiger partial charge in [0, 0.05) is 15.6 Å². The molecule has 0 aliphatic heterocycles. The number of hydrogen-bond acceptors (Lipinski definition) is 5. The van der Waals surface area contributed by atoms with E-state index in [4.69, 9.17) is 33.7 Å². The predicted octanol–water partition coefficient (Wildman–Crippen LogP) is 3.01. The Bertz CT molecular complexity index is 503. The van der Waals surface area contributed by atoms with Crippen molar-refractivity contribution in [3.8, 4) is 5.19 Å². The van der Waals surface area contributed by atoms with Gasteiger partial charge in [0.15, 0.2) is 0 Å². The van der Waals surface area contributed by atoms with E-state index in [1.165, 1.54) is 11.3 Å². The van der Waals surface area contributed by atoms with Crippen molar-refractivity contribution < 1.29 is 4.74 Å². The fourth-order valence-electron chi connectivity index (χ4n) is 1.06.